The van der Waals surface area contributed by atoms with Crippen molar-refractivity contribution in [3.63, 3.8) is 0 Å². The maximum absolute atomic E-state index is 12.5. The molecule has 0 saturated heterocycles. The molecule has 7 heteroatoms. The summed E-state index contributed by atoms with van der Waals surface area (Å²) >= 11 is 0. The molecule has 194 valence electrons. The number of hydrogen-bond donors (Lipinski definition) is 1. The predicted molar refractivity (Wildman–Crippen MR) is 133 cm³/mol. The van der Waals surface area contributed by atoms with Gasteiger partial charge in [0.15, 0.2) is 5.78 Å². The summed E-state index contributed by atoms with van der Waals surface area (Å²) in [7, 11) is 2.53. The van der Waals surface area contributed by atoms with Crippen molar-refractivity contribution in [1.82, 2.24) is 0 Å². The molecule has 0 aliphatic rings. The van der Waals surface area contributed by atoms with Crippen LogP contribution in [0.1, 0.15) is 55.4 Å². The van der Waals surface area contributed by atoms with Gasteiger partial charge < -0.3 is 14.6 Å². The van der Waals surface area contributed by atoms with Crippen molar-refractivity contribution < 1.29 is 32.5 Å². The van der Waals surface area contributed by atoms with Gasteiger partial charge in [0, 0.05) is 25.4 Å². The monoisotopic (exact) mass is 478 g/mol. The first-order valence-electron chi connectivity index (χ1n) is 10.8. The highest BCUT2D eigenvalue weighted by molar-refractivity contribution is 5.98. The Hall–Kier alpha value is -1.96. The quantitative estimate of drug-likeness (QED) is 0.158. The third-order valence-electron chi connectivity index (χ3n) is 4.14. The second-order valence-corrected chi connectivity index (χ2v) is 6.82. The largest absolute Gasteiger partial charge is 0.415 e. The Balaban J connectivity index is -0.000000320. The van der Waals surface area contributed by atoms with E-state index < -0.39 is 11.7 Å². The average Bonchev–Trinajstić information content (AvgIpc) is 2.78. The van der Waals surface area contributed by atoms with Gasteiger partial charge in [-0.25, -0.2) is 0 Å². The number of aliphatic hydroxyl groups is 1. The maximum Gasteiger partial charge on any atom is 0.415 e. The first-order valence-corrected chi connectivity index (χ1v) is 10.8. The average molecular weight is 479 g/mol. The zero-order valence-corrected chi connectivity index (χ0v) is 22.2. The molecule has 0 saturated carbocycles. The van der Waals surface area contributed by atoms with Crippen molar-refractivity contribution in [2.75, 3.05) is 34.0 Å². The van der Waals surface area contributed by atoms with Gasteiger partial charge in [-0.15, -0.1) is 0 Å². The molecule has 0 fully saturated rings. The Morgan fingerprint density at radius 1 is 1.03 bits per heavy atom. The topological polar surface area (TPSA) is 55.8 Å². The van der Waals surface area contributed by atoms with E-state index in [1.807, 2.05) is 13.8 Å². The van der Waals surface area contributed by atoms with Gasteiger partial charge in [0.05, 0.1) is 19.8 Å². The molecule has 0 unspecified atom stereocenters. The van der Waals surface area contributed by atoms with Crippen molar-refractivity contribution >= 4 is 5.78 Å². The molecule has 0 bridgehead atoms. The van der Waals surface area contributed by atoms with Crippen molar-refractivity contribution in [1.29, 1.82) is 0 Å². The first-order chi connectivity index (χ1) is 15.3. The Labute approximate surface area is 199 Å². The number of alkyl halides is 3. The zero-order valence-electron chi connectivity index (χ0n) is 22.2. The molecule has 0 heterocycles. The normalized spacial score (nSPS) is 11.9. The van der Waals surface area contributed by atoms with Gasteiger partial charge in [-0.1, -0.05) is 64.7 Å². The molecule has 0 spiro atoms. The fraction of sp³-hybridized carbons (Fsp3) is 0.577. The van der Waals surface area contributed by atoms with Crippen LogP contribution >= 0.6 is 0 Å². The van der Waals surface area contributed by atoms with E-state index in [1.165, 1.54) is 25.7 Å². The Bertz CT molecular complexity index is 640. The lowest BCUT2D eigenvalue weighted by Crippen LogP contribution is -2.09. The van der Waals surface area contributed by atoms with E-state index >= 15 is 0 Å². The van der Waals surface area contributed by atoms with Gasteiger partial charge in [-0.2, -0.15) is 13.2 Å². The molecule has 0 aliphatic carbocycles. The zero-order chi connectivity index (χ0) is 27.2. The summed E-state index contributed by atoms with van der Waals surface area (Å²) in [4.78, 5) is 11.4. The summed E-state index contributed by atoms with van der Waals surface area (Å²) in [6.07, 6.45) is -0.344. The van der Waals surface area contributed by atoms with E-state index in [9.17, 15) is 18.0 Å². The highest BCUT2D eigenvalue weighted by Gasteiger charge is 2.29. The standard InChI is InChI=1S/C16H21F3O3.C7H14.C2H6.CH4O/c1-11(10-22-9-8-21-5)15(13(3)14(4)20)7-6-12(2)16(17,18)19;1-5-7(4)6(2)3;2*1-2/h6-7H,2-3,8-10H2,1,4-5H3;5-6H,1-4H3;1-2H3;2H,1H3/b7-6-,15-11-;7-5-;;. The molecule has 0 aliphatic heterocycles. The molecule has 0 aromatic rings. The summed E-state index contributed by atoms with van der Waals surface area (Å²) < 4.78 is 47.5. The van der Waals surface area contributed by atoms with Crippen LogP contribution in [0.4, 0.5) is 13.2 Å². The van der Waals surface area contributed by atoms with E-state index in [-0.39, 0.29) is 18.0 Å². The number of rotatable bonds is 10. The second kappa shape index (κ2) is 23.2. The number of Topliss-reactive ketones (excluding diaryl/α,β-unsaturated/α-hetero) is 1. The summed E-state index contributed by atoms with van der Waals surface area (Å²) in [5.41, 5.74) is 1.51. The minimum atomic E-state index is -4.51. The molecule has 0 atom stereocenters. The van der Waals surface area contributed by atoms with Crippen molar-refractivity contribution in [3.8, 4) is 0 Å². The van der Waals surface area contributed by atoms with E-state index in [2.05, 4.69) is 46.9 Å². The van der Waals surface area contributed by atoms with Gasteiger partial charge in [0.2, 0.25) is 0 Å². The maximum atomic E-state index is 12.5. The van der Waals surface area contributed by atoms with E-state index in [4.69, 9.17) is 14.6 Å². The molecule has 0 amide bonds. The van der Waals surface area contributed by atoms with Crippen LogP contribution in [0.2, 0.25) is 0 Å². The number of methoxy groups -OCH3 is 1. The van der Waals surface area contributed by atoms with Crippen LogP contribution in [0.5, 0.6) is 0 Å². The minimum absolute atomic E-state index is 0.124. The van der Waals surface area contributed by atoms with E-state index in [0.717, 1.165) is 19.1 Å². The van der Waals surface area contributed by atoms with Crippen LogP contribution in [0.15, 0.2) is 59.3 Å². The number of ketones is 1. The third-order valence-corrected chi connectivity index (χ3v) is 4.14. The molecule has 4 nitrogen and oxygen atoms in total. The van der Waals surface area contributed by atoms with Crippen LogP contribution in [-0.4, -0.2) is 51.1 Å². The number of hydrogen-bond acceptors (Lipinski definition) is 4. The van der Waals surface area contributed by atoms with Gasteiger partial charge >= 0.3 is 6.18 Å². The van der Waals surface area contributed by atoms with Gasteiger partial charge in [0.25, 0.3) is 0 Å². The minimum Gasteiger partial charge on any atom is -0.400 e. The van der Waals surface area contributed by atoms with Crippen LogP contribution in [-0.2, 0) is 14.3 Å². The number of carbonyl (C=O) groups excluding carboxylic acids is 1. The van der Waals surface area contributed by atoms with Gasteiger partial charge in [0.1, 0.15) is 0 Å². The Kier molecular flexibility index (Phi) is 26.9. The van der Waals surface area contributed by atoms with Crippen LogP contribution in [0.25, 0.3) is 0 Å². The fourth-order valence-corrected chi connectivity index (χ4v) is 1.75. The number of ether oxygens (including phenoxy) is 2. The molecule has 0 rings (SSSR count). The summed E-state index contributed by atoms with van der Waals surface area (Å²) in [5.74, 6) is 0.401. The molecule has 0 aromatic heterocycles. The van der Waals surface area contributed by atoms with Gasteiger partial charge in [-0.05, 0) is 44.8 Å². The fourth-order valence-electron chi connectivity index (χ4n) is 1.75. The molecular weight excluding hydrogens is 433 g/mol. The lowest BCUT2D eigenvalue weighted by Gasteiger charge is -2.11. The highest BCUT2D eigenvalue weighted by Crippen LogP contribution is 2.26. The molecular formula is C26H45F3O4. The van der Waals surface area contributed by atoms with Crippen molar-refractivity contribution in [2.45, 2.75) is 61.6 Å². The SMILES string of the molecule is C/C=C(/C)C(C)C.C=C(C(C)=O)C(/C=C\C(=C)C(F)(F)F)=C(/C)COCCOC.CC.CO. The number of allylic oxidation sites excluding steroid dienone is 7. The number of aliphatic hydroxyl groups excluding tert-OH is 1. The number of carbonyl (C=O) groups is 1. The van der Waals surface area contributed by atoms with Crippen LogP contribution in [0.3, 0.4) is 0 Å². The van der Waals surface area contributed by atoms with Crippen LogP contribution < -0.4 is 0 Å². The predicted octanol–water partition coefficient (Wildman–Crippen LogP) is 7.03. The Morgan fingerprint density at radius 3 is 1.82 bits per heavy atom. The second-order valence-electron chi connectivity index (χ2n) is 6.82. The molecule has 33 heavy (non-hydrogen) atoms. The van der Waals surface area contributed by atoms with E-state index in [1.54, 1.807) is 6.92 Å². The number of halogens is 3. The molecule has 0 aromatic carbocycles. The van der Waals surface area contributed by atoms with Crippen molar-refractivity contribution in [2.24, 2.45) is 5.92 Å². The lowest BCUT2D eigenvalue weighted by atomic mass is 9.98. The van der Waals surface area contributed by atoms with Crippen LogP contribution in [0, 0.1) is 5.92 Å². The first kappa shape index (κ1) is 38.3. The summed E-state index contributed by atoms with van der Waals surface area (Å²) in [6, 6.07) is 0. The van der Waals surface area contributed by atoms with E-state index in [0.29, 0.717) is 24.4 Å². The Morgan fingerprint density at radius 2 is 1.52 bits per heavy atom. The summed E-state index contributed by atoms with van der Waals surface area (Å²) in [6.45, 7) is 23.1. The lowest BCUT2D eigenvalue weighted by molar-refractivity contribution is -0.113. The smallest absolute Gasteiger partial charge is 0.400 e. The highest BCUT2D eigenvalue weighted by atomic mass is 19.4. The van der Waals surface area contributed by atoms with Gasteiger partial charge in [-0.3, -0.25) is 4.79 Å². The third kappa shape index (κ3) is 21.6. The molecule has 1 N–H and O–H groups in total. The molecule has 0 radical (unpaired) electrons. The summed E-state index contributed by atoms with van der Waals surface area (Å²) in [5, 5.41) is 7.00. The van der Waals surface area contributed by atoms with Crippen molar-refractivity contribution in [3.05, 3.63) is 59.3 Å².